The summed E-state index contributed by atoms with van der Waals surface area (Å²) >= 11 is 12.4. The van der Waals surface area contributed by atoms with Gasteiger partial charge in [0, 0.05) is 33.8 Å². The molecule has 29 heavy (non-hydrogen) atoms. The van der Waals surface area contributed by atoms with Gasteiger partial charge in [-0.15, -0.1) is 0 Å². The molecule has 0 amide bonds. The van der Waals surface area contributed by atoms with Gasteiger partial charge in [-0.3, -0.25) is 0 Å². The molecule has 0 aliphatic heterocycles. The average Bonchev–Trinajstić information content (AvgIpc) is 2.72. The minimum absolute atomic E-state index is 0.0147. The maximum atomic E-state index is 12.1. The molecule has 0 aromatic heterocycles. The number of halogens is 2. The molecule has 0 aliphatic carbocycles. The van der Waals surface area contributed by atoms with Gasteiger partial charge in [0.1, 0.15) is 17.9 Å². The van der Waals surface area contributed by atoms with E-state index in [0.29, 0.717) is 26.9 Å². The van der Waals surface area contributed by atoms with E-state index in [4.69, 9.17) is 42.3 Å². The Morgan fingerprint density at radius 1 is 1.10 bits per heavy atom. The van der Waals surface area contributed by atoms with E-state index < -0.39 is 5.97 Å². The molecule has 2 aromatic rings. The van der Waals surface area contributed by atoms with Gasteiger partial charge in [0.2, 0.25) is 0 Å². The van der Waals surface area contributed by atoms with Gasteiger partial charge in [0.25, 0.3) is 0 Å². The van der Waals surface area contributed by atoms with Crippen LogP contribution in [-0.2, 0) is 30.4 Å². The number of carbonyl (C=O) groups excluding carboxylic acids is 1. The molecule has 154 valence electrons. The number of hydrogen-bond donors (Lipinski definition) is 0. The van der Waals surface area contributed by atoms with E-state index in [1.54, 1.807) is 37.4 Å². The summed E-state index contributed by atoms with van der Waals surface area (Å²) in [6.45, 7) is 0.244. The van der Waals surface area contributed by atoms with Crippen molar-refractivity contribution in [2.45, 2.75) is 6.61 Å². The summed E-state index contributed by atoms with van der Waals surface area (Å²) in [5, 5.41) is 5.17. The lowest BCUT2D eigenvalue weighted by atomic mass is 10.0. The molecule has 0 N–H and O–H groups in total. The highest BCUT2D eigenvalue weighted by atomic mass is 35.5. The molecular weight excluding hydrogens is 417 g/mol. The van der Waals surface area contributed by atoms with E-state index in [-0.39, 0.29) is 18.8 Å². The van der Waals surface area contributed by atoms with E-state index in [9.17, 15) is 4.79 Å². The predicted molar refractivity (Wildman–Crippen MR) is 113 cm³/mol. The smallest absolute Gasteiger partial charge is 0.341 e. The Hall–Kier alpha value is -2.54. The van der Waals surface area contributed by atoms with Crippen molar-refractivity contribution >= 4 is 40.5 Å². The van der Waals surface area contributed by atoms with E-state index in [1.165, 1.54) is 20.5 Å². The molecule has 0 atom stereocenters. The number of rotatable bonds is 9. The lowest BCUT2D eigenvalue weighted by Crippen LogP contribution is -2.11. The van der Waals surface area contributed by atoms with Crippen LogP contribution in [0.2, 0.25) is 10.0 Å². The Morgan fingerprint density at radius 3 is 2.52 bits per heavy atom. The van der Waals surface area contributed by atoms with Crippen molar-refractivity contribution in [2.24, 2.45) is 5.16 Å². The zero-order chi connectivity index (χ0) is 21.2. The van der Waals surface area contributed by atoms with Gasteiger partial charge in [-0.25, -0.2) is 4.79 Å². The van der Waals surface area contributed by atoms with Gasteiger partial charge < -0.3 is 19.0 Å². The maximum absolute atomic E-state index is 12.1. The van der Waals surface area contributed by atoms with Crippen LogP contribution in [-0.4, -0.2) is 39.6 Å². The first-order valence-corrected chi connectivity index (χ1v) is 9.30. The van der Waals surface area contributed by atoms with Gasteiger partial charge in [0.05, 0.1) is 27.1 Å². The highest BCUT2D eigenvalue weighted by Crippen LogP contribution is 2.28. The van der Waals surface area contributed by atoms with Crippen LogP contribution in [0.15, 0.2) is 53.9 Å². The summed E-state index contributed by atoms with van der Waals surface area (Å²) < 4.78 is 15.0. The van der Waals surface area contributed by atoms with Crippen molar-refractivity contribution in [1.82, 2.24) is 0 Å². The molecule has 0 spiro atoms. The lowest BCUT2D eigenvalue weighted by molar-refractivity contribution is -0.133. The third kappa shape index (κ3) is 6.22. The van der Waals surface area contributed by atoms with E-state index in [0.717, 1.165) is 5.56 Å². The van der Waals surface area contributed by atoms with Crippen LogP contribution in [0.25, 0.3) is 5.57 Å². The van der Waals surface area contributed by atoms with Crippen LogP contribution in [0.5, 0.6) is 0 Å². The van der Waals surface area contributed by atoms with Gasteiger partial charge in [0.15, 0.2) is 0 Å². The topological polar surface area (TPSA) is 66.4 Å². The third-order valence-electron chi connectivity index (χ3n) is 3.87. The van der Waals surface area contributed by atoms with E-state index in [1.807, 2.05) is 12.1 Å². The molecule has 0 radical (unpaired) electrons. The predicted octanol–water partition coefficient (Wildman–Crippen LogP) is 4.72. The van der Waals surface area contributed by atoms with Crippen molar-refractivity contribution in [1.29, 1.82) is 0 Å². The number of carbonyl (C=O) groups is 1. The zero-order valence-corrected chi connectivity index (χ0v) is 17.8. The molecule has 8 heteroatoms. The summed E-state index contributed by atoms with van der Waals surface area (Å²) in [4.78, 5) is 17.7. The van der Waals surface area contributed by atoms with Gasteiger partial charge in [-0.1, -0.05) is 52.6 Å². The van der Waals surface area contributed by atoms with E-state index in [2.05, 4.69) is 5.16 Å². The lowest BCUT2D eigenvalue weighted by Gasteiger charge is -2.13. The fourth-order valence-electron chi connectivity index (χ4n) is 2.55. The summed E-state index contributed by atoms with van der Waals surface area (Å²) in [6.07, 6.45) is 1.30. The molecule has 0 heterocycles. The number of methoxy groups -OCH3 is 3. The standard InChI is InChI=1S/C21H21Cl2NO5/c1-26-11-18(21(25)28-3)16-8-5-9-19(23)17(16)12-29-24-20(13-27-2)14-6-4-7-15(22)10-14/h4-11H,12-13H2,1-3H3/b18-11+,24-20+. The third-order valence-corrected chi connectivity index (χ3v) is 4.46. The molecular formula is C21H21Cl2NO5. The second-order valence-electron chi connectivity index (χ2n) is 5.78. The first-order chi connectivity index (χ1) is 14.0. The molecule has 0 saturated heterocycles. The Balaban J connectivity index is 2.33. The minimum Gasteiger partial charge on any atom is -0.503 e. The van der Waals surface area contributed by atoms with Gasteiger partial charge in [-0.05, 0) is 18.2 Å². The molecule has 0 fully saturated rings. The Bertz CT molecular complexity index is 912. The molecule has 2 rings (SSSR count). The Labute approximate surface area is 179 Å². The molecule has 0 aliphatic rings. The molecule has 0 saturated carbocycles. The van der Waals surface area contributed by atoms with Crippen molar-refractivity contribution in [3.05, 3.63) is 75.5 Å². The van der Waals surface area contributed by atoms with Crippen molar-refractivity contribution < 1.29 is 23.8 Å². The highest BCUT2D eigenvalue weighted by Gasteiger charge is 2.19. The van der Waals surface area contributed by atoms with Crippen molar-refractivity contribution in [3.8, 4) is 0 Å². The van der Waals surface area contributed by atoms with E-state index >= 15 is 0 Å². The van der Waals surface area contributed by atoms with Crippen LogP contribution in [0.4, 0.5) is 0 Å². The molecule has 0 unspecified atom stereocenters. The normalized spacial score (nSPS) is 11.9. The SMILES string of the molecule is CO/C=C(/C(=O)OC)c1cccc(Cl)c1CO/N=C(\COC)c1cccc(Cl)c1. The number of ether oxygens (including phenoxy) is 3. The first kappa shape index (κ1) is 22.7. The van der Waals surface area contributed by atoms with Crippen LogP contribution in [0.1, 0.15) is 16.7 Å². The second-order valence-corrected chi connectivity index (χ2v) is 6.62. The van der Waals surface area contributed by atoms with Crippen LogP contribution >= 0.6 is 23.2 Å². The average molecular weight is 438 g/mol. The van der Waals surface area contributed by atoms with Crippen LogP contribution < -0.4 is 0 Å². The maximum Gasteiger partial charge on any atom is 0.341 e. The first-order valence-electron chi connectivity index (χ1n) is 8.54. The molecule has 2 aromatic carbocycles. The summed E-state index contributed by atoms with van der Waals surface area (Å²) in [6, 6.07) is 12.3. The fraction of sp³-hybridized carbons (Fsp3) is 0.238. The number of benzene rings is 2. The number of hydrogen-bond acceptors (Lipinski definition) is 6. The minimum atomic E-state index is -0.558. The van der Waals surface area contributed by atoms with Gasteiger partial charge in [-0.2, -0.15) is 0 Å². The van der Waals surface area contributed by atoms with Crippen molar-refractivity contribution in [3.63, 3.8) is 0 Å². The monoisotopic (exact) mass is 437 g/mol. The van der Waals surface area contributed by atoms with Gasteiger partial charge >= 0.3 is 5.97 Å². The summed E-state index contributed by atoms with van der Waals surface area (Å²) in [7, 11) is 4.29. The van der Waals surface area contributed by atoms with Crippen molar-refractivity contribution in [2.75, 3.05) is 27.9 Å². The second kappa shape index (κ2) is 11.5. The summed E-state index contributed by atoms with van der Waals surface area (Å²) in [5.41, 5.74) is 2.64. The number of nitrogens with zero attached hydrogens (tertiary/aromatic N) is 1. The summed E-state index contributed by atoms with van der Waals surface area (Å²) in [5.74, 6) is -0.558. The fourth-order valence-corrected chi connectivity index (χ4v) is 2.97. The quantitative estimate of drug-likeness (QED) is 0.186. The van der Waals surface area contributed by atoms with Crippen LogP contribution in [0, 0.1) is 0 Å². The number of esters is 1. The largest absolute Gasteiger partial charge is 0.503 e. The molecule has 0 bridgehead atoms. The molecule has 6 nitrogen and oxygen atoms in total. The zero-order valence-electron chi connectivity index (χ0n) is 16.3. The van der Waals surface area contributed by atoms with Crippen LogP contribution in [0.3, 0.4) is 0 Å². The highest BCUT2D eigenvalue weighted by molar-refractivity contribution is 6.32. The Morgan fingerprint density at radius 2 is 1.86 bits per heavy atom. The Kier molecular flexibility index (Phi) is 8.99. The number of oxime groups is 1.